The van der Waals surface area contributed by atoms with Crippen molar-refractivity contribution >= 4 is 11.5 Å². The zero-order chi connectivity index (χ0) is 36.7. The number of allylic oxidation sites excluding steroid dienone is 1. The minimum Gasteiger partial charge on any atom is -0.508 e. The number of Topliss-reactive ketones (excluding diaryl/α,β-unsaturated/α-hetero) is 1. The van der Waals surface area contributed by atoms with Crippen molar-refractivity contribution in [2.75, 3.05) is 6.54 Å². The molecule has 0 fully saturated rings. The van der Waals surface area contributed by atoms with Crippen LogP contribution in [0.15, 0.2) is 58.9 Å². The number of carbonyl (C=O) groups is 1. The first-order valence-corrected chi connectivity index (χ1v) is 18.1. The SMILES string of the molecule is CCCCC[C@H](C(=O)CCc1cc(O[C@H]2CC#C[C@H](O)c3ccc(C(N)N)cc3CC3=CN=C4CN2C=C34)c(O)cc1O)[C@H](O)C[C@H](O)CCC. The number of ketones is 1. The smallest absolute Gasteiger partial charge is 0.183 e. The number of nitrogens with two attached hydrogens (primary N) is 2. The standard InChI is InChI=1S/C40H52N4O7/c1-3-5-6-9-30(36(49)19-28(45)8-4-2)34(47)15-13-24-18-38(37(50)20-35(24)48)51-39-11-7-10-33(46)29-14-12-25(40(41)42)16-26(29)17-27-21-43-32-23-44(39)22-31(27)32/h12,14,16,18,20-22,28,30,33,36,39-40,45-46,48-50H,3-6,8-9,11,13,15,17,19,23,41-42H2,1-2H3/t28-,30-,33+,36-,39+/m1/s1. The van der Waals surface area contributed by atoms with Crippen molar-refractivity contribution in [3.8, 4) is 29.1 Å². The summed E-state index contributed by atoms with van der Waals surface area (Å²) in [5.41, 5.74) is 17.4. The monoisotopic (exact) mass is 700 g/mol. The lowest BCUT2D eigenvalue weighted by atomic mass is 9.85. The van der Waals surface area contributed by atoms with Crippen molar-refractivity contribution in [2.45, 2.75) is 115 Å². The summed E-state index contributed by atoms with van der Waals surface area (Å²) in [5.74, 6) is 4.93. The topological polar surface area (TPSA) is 195 Å². The normalized spacial score (nSPS) is 19.8. The lowest BCUT2D eigenvalue weighted by Gasteiger charge is -2.28. The summed E-state index contributed by atoms with van der Waals surface area (Å²) in [7, 11) is 0. The zero-order valence-electron chi connectivity index (χ0n) is 29.6. The van der Waals surface area contributed by atoms with Crippen molar-refractivity contribution in [3.63, 3.8) is 0 Å². The van der Waals surface area contributed by atoms with E-state index in [2.05, 4.69) is 23.8 Å². The molecule has 0 radical (unpaired) electrons. The summed E-state index contributed by atoms with van der Waals surface area (Å²) < 4.78 is 6.38. The van der Waals surface area contributed by atoms with E-state index in [4.69, 9.17) is 16.2 Å². The molecule has 2 aromatic carbocycles. The number of aliphatic hydroxyl groups excluding tert-OH is 3. The summed E-state index contributed by atoms with van der Waals surface area (Å²) in [5, 5.41) is 54.0. The highest BCUT2D eigenvalue weighted by Crippen LogP contribution is 2.38. The fourth-order valence-corrected chi connectivity index (χ4v) is 7.04. The van der Waals surface area contributed by atoms with E-state index in [-0.39, 0.29) is 48.7 Å². The van der Waals surface area contributed by atoms with Gasteiger partial charge in [-0.1, -0.05) is 69.6 Å². The van der Waals surface area contributed by atoms with E-state index in [0.29, 0.717) is 36.9 Å². The average Bonchev–Trinajstić information content (AvgIpc) is 3.68. The Balaban J connectivity index is 1.35. The summed E-state index contributed by atoms with van der Waals surface area (Å²) in [4.78, 5) is 20.1. The highest BCUT2D eigenvalue weighted by molar-refractivity contribution is 6.09. The molecule has 2 bridgehead atoms. The van der Waals surface area contributed by atoms with Gasteiger partial charge in [0.05, 0.1) is 37.1 Å². The minimum absolute atomic E-state index is 0.0651. The van der Waals surface area contributed by atoms with Crippen LogP contribution in [0.5, 0.6) is 17.2 Å². The predicted octanol–water partition coefficient (Wildman–Crippen LogP) is 4.55. The number of phenolic OH excluding ortho intramolecular Hbond substituents is 2. The van der Waals surface area contributed by atoms with Crippen LogP contribution in [0.25, 0.3) is 0 Å². The number of hydrogen-bond acceptors (Lipinski definition) is 11. The number of aliphatic imine (C=N–C) groups is 1. The van der Waals surface area contributed by atoms with Crippen LogP contribution in [-0.2, 0) is 17.6 Å². The van der Waals surface area contributed by atoms with Crippen LogP contribution in [0, 0.1) is 17.8 Å². The Hall–Kier alpha value is -4.18. The number of aryl methyl sites for hydroxylation is 1. The van der Waals surface area contributed by atoms with E-state index in [1.54, 1.807) is 12.1 Å². The maximum Gasteiger partial charge on any atom is 0.183 e. The summed E-state index contributed by atoms with van der Waals surface area (Å²) in [6.07, 6.45) is 5.40. The second-order valence-corrected chi connectivity index (χ2v) is 13.9. The number of aliphatic hydroxyl groups is 3. The molecule has 3 aliphatic heterocycles. The fraction of sp³-hybridized carbons (Fsp3) is 0.500. The maximum atomic E-state index is 13.5. The third-order valence-electron chi connectivity index (χ3n) is 9.97. The lowest BCUT2D eigenvalue weighted by Crippen LogP contribution is -2.35. The number of nitrogens with zero attached hydrogens (tertiary/aromatic N) is 2. The molecule has 0 amide bonds. The number of fused-ring (bicyclic) bond motifs is 2. The predicted molar refractivity (Wildman–Crippen MR) is 196 cm³/mol. The first kappa shape index (κ1) is 38.1. The summed E-state index contributed by atoms with van der Waals surface area (Å²) >= 11 is 0. The van der Waals surface area contributed by atoms with Gasteiger partial charge < -0.3 is 46.6 Å². The van der Waals surface area contributed by atoms with E-state index in [1.807, 2.05) is 30.3 Å². The van der Waals surface area contributed by atoms with Crippen LogP contribution in [0.1, 0.15) is 106 Å². The van der Waals surface area contributed by atoms with Crippen LogP contribution >= 0.6 is 0 Å². The van der Waals surface area contributed by atoms with Gasteiger partial charge in [0.15, 0.2) is 17.7 Å². The van der Waals surface area contributed by atoms with Crippen molar-refractivity contribution in [3.05, 3.63) is 76.1 Å². The molecule has 3 aliphatic rings. The highest BCUT2D eigenvalue weighted by atomic mass is 16.5. The molecule has 0 aliphatic carbocycles. The molecule has 9 N–H and O–H groups in total. The van der Waals surface area contributed by atoms with Gasteiger partial charge in [-0.15, -0.1) is 0 Å². The van der Waals surface area contributed by atoms with Crippen molar-refractivity contribution < 1.29 is 35.1 Å². The van der Waals surface area contributed by atoms with Crippen LogP contribution < -0.4 is 16.2 Å². The average molecular weight is 701 g/mol. The number of benzene rings is 2. The Morgan fingerprint density at radius 1 is 1.08 bits per heavy atom. The Morgan fingerprint density at radius 3 is 2.63 bits per heavy atom. The third kappa shape index (κ3) is 9.39. The molecule has 0 saturated heterocycles. The van der Waals surface area contributed by atoms with E-state index in [9.17, 15) is 30.3 Å². The molecule has 11 heteroatoms. The molecule has 2 aromatic rings. The molecule has 0 spiro atoms. The minimum atomic E-state index is -1.07. The molecule has 3 heterocycles. The number of unbranched alkanes of at least 4 members (excludes halogenated alkanes) is 2. The quantitative estimate of drug-likeness (QED) is 0.0742. The molecular formula is C40H52N4O7. The largest absolute Gasteiger partial charge is 0.508 e. The molecule has 0 aromatic heterocycles. The Bertz CT molecular complexity index is 1720. The molecule has 274 valence electrons. The first-order chi connectivity index (χ1) is 24.5. The number of aromatic hydroxyl groups is 2. The van der Waals surface area contributed by atoms with Crippen LogP contribution in [0.2, 0.25) is 0 Å². The van der Waals surface area contributed by atoms with E-state index >= 15 is 0 Å². The number of rotatable bonds is 16. The van der Waals surface area contributed by atoms with Gasteiger partial charge in [-0.25, -0.2) is 0 Å². The lowest BCUT2D eigenvalue weighted by molar-refractivity contribution is -0.127. The molecule has 5 rings (SSSR count). The van der Waals surface area contributed by atoms with Gasteiger partial charge in [-0.3, -0.25) is 9.79 Å². The van der Waals surface area contributed by atoms with Gasteiger partial charge in [0.2, 0.25) is 0 Å². The Kier molecular flexibility index (Phi) is 13.0. The molecule has 11 nitrogen and oxygen atoms in total. The van der Waals surface area contributed by atoms with Gasteiger partial charge in [0.25, 0.3) is 0 Å². The van der Waals surface area contributed by atoms with Crippen LogP contribution in [0.3, 0.4) is 0 Å². The van der Waals surface area contributed by atoms with Gasteiger partial charge in [-0.2, -0.15) is 0 Å². The molecular weight excluding hydrogens is 648 g/mol. The Morgan fingerprint density at radius 2 is 1.88 bits per heavy atom. The van der Waals surface area contributed by atoms with Gasteiger partial charge in [0.1, 0.15) is 17.6 Å². The highest BCUT2D eigenvalue weighted by Gasteiger charge is 2.33. The molecule has 0 saturated carbocycles. The second kappa shape index (κ2) is 17.4. The first-order valence-electron chi connectivity index (χ1n) is 18.1. The van der Waals surface area contributed by atoms with Gasteiger partial charge in [0, 0.05) is 42.8 Å². The van der Waals surface area contributed by atoms with Crippen molar-refractivity contribution in [2.24, 2.45) is 22.4 Å². The van der Waals surface area contributed by atoms with Gasteiger partial charge >= 0.3 is 0 Å². The second-order valence-electron chi connectivity index (χ2n) is 13.9. The molecule has 0 unspecified atom stereocenters. The third-order valence-corrected chi connectivity index (χ3v) is 9.97. The number of ether oxygens (including phenoxy) is 1. The van der Waals surface area contributed by atoms with Crippen molar-refractivity contribution in [1.82, 2.24) is 4.90 Å². The van der Waals surface area contributed by atoms with E-state index in [1.165, 1.54) is 12.1 Å². The van der Waals surface area contributed by atoms with Crippen LogP contribution in [0.4, 0.5) is 0 Å². The molecule has 5 atom stereocenters. The Labute approximate surface area is 300 Å². The number of carbonyl (C=O) groups excluding carboxylic acids is 1. The number of phenols is 2. The van der Waals surface area contributed by atoms with E-state index in [0.717, 1.165) is 53.7 Å². The number of hydrogen-bond donors (Lipinski definition) is 7. The summed E-state index contributed by atoms with van der Waals surface area (Å²) in [6, 6.07) is 8.23. The summed E-state index contributed by atoms with van der Waals surface area (Å²) in [6.45, 7) is 4.48. The zero-order valence-corrected chi connectivity index (χ0v) is 29.6. The maximum absolute atomic E-state index is 13.5. The van der Waals surface area contributed by atoms with E-state index < -0.39 is 36.6 Å². The fourth-order valence-electron chi connectivity index (χ4n) is 7.04. The van der Waals surface area contributed by atoms with Crippen molar-refractivity contribution in [1.29, 1.82) is 0 Å². The van der Waals surface area contributed by atoms with Gasteiger partial charge in [-0.05, 0) is 59.6 Å². The van der Waals surface area contributed by atoms with Crippen LogP contribution in [-0.4, -0.2) is 66.9 Å². The molecule has 51 heavy (non-hydrogen) atoms.